The minimum atomic E-state index is -0.188. The Kier molecular flexibility index (Phi) is 2.79. The predicted octanol–water partition coefficient (Wildman–Crippen LogP) is 0.908. The van der Waals surface area contributed by atoms with E-state index in [9.17, 15) is 4.79 Å². The number of aryl methyl sites for hydroxylation is 1. The van der Waals surface area contributed by atoms with Gasteiger partial charge in [0.15, 0.2) is 11.5 Å². The zero-order chi connectivity index (χ0) is 13.4. The molecule has 2 aromatic rings. The minimum absolute atomic E-state index is 0.183. The van der Waals surface area contributed by atoms with E-state index < -0.39 is 0 Å². The Bertz CT molecular complexity index is 672. The first-order valence-corrected chi connectivity index (χ1v) is 6.11. The lowest BCUT2D eigenvalue weighted by molar-refractivity contribution is 0.171. The summed E-state index contributed by atoms with van der Waals surface area (Å²) < 4.78 is 11.1. The summed E-state index contributed by atoms with van der Waals surface area (Å²) >= 11 is 0. The minimum Gasteiger partial charge on any atom is -0.486 e. The summed E-state index contributed by atoms with van der Waals surface area (Å²) in [4.78, 5) is 11.6. The van der Waals surface area contributed by atoms with Gasteiger partial charge in [-0.05, 0) is 24.6 Å². The molecule has 0 radical (unpaired) electrons. The number of fused-ring (bicyclic) bond motifs is 1. The summed E-state index contributed by atoms with van der Waals surface area (Å²) in [7, 11) is 0. The highest BCUT2D eigenvalue weighted by Crippen LogP contribution is 2.37. The van der Waals surface area contributed by atoms with Crippen molar-refractivity contribution in [2.24, 2.45) is 5.73 Å². The fourth-order valence-corrected chi connectivity index (χ4v) is 2.27. The highest BCUT2D eigenvalue weighted by molar-refractivity contribution is 5.70. The van der Waals surface area contributed by atoms with Gasteiger partial charge < -0.3 is 15.2 Å². The van der Waals surface area contributed by atoms with E-state index in [0.29, 0.717) is 30.2 Å². The Morgan fingerprint density at radius 3 is 2.58 bits per heavy atom. The maximum Gasteiger partial charge on any atom is 0.269 e. The number of aromatic nitrogens is 2. The number of ether oxygens (including phenoxy) is 2. The third-order valence-corrected chi connectivity index (χ3v) is 3.24. The van der Waals surface area contributed by atoms with Gasteiger partial charge in [0.1, 0.15) is 13.2 Å². The average Bonchev–Trinajstić information content (AvgIpc) is 2.78. The Morgan fingerprint density at radius 1 is 1.21 bits per heavy atom. The van der Waals surface area contributed by atoms with E-state index >= 15 is 0 Å². The lowest BCUT2D eigenvalue weighted by Gasteiger charge is -2.20. The Balaban J connectivity index is 2.17. The van der Waals surface area contributed by atoms with Crippen molar-refractivity contribution in [2.45, 2.75) is 13.5 Å². The molecule has 1 aliphatic heterocycles. The van der Waals surface area contributed by atoms with Gasteiger partial charge in [0.2, 0.25) is 0 Å². The van der Waals surface area contributed by atoms with Gasteiger partial charge in [0, 0.05) is 12.1 Å². The number of rotatable bonds is 2. The summed E-state index contributed by atoms with van der Waals surface area (Å²) in [5.74, 6) is 1.43. The SMILES string of the molecule is Cc1cc2c(cc1-c1[nH][nH]c(=O)c1CN)OCCO2. The van der Waals surface area contributed by atoms with Crippen LogP contribution in [0.5, 0.6) is 11.5 Å². The molecule has 6 heteroatoms. The molecule has 6 nitrogen and oxygen atoms in total. The molecule has 0 saturated carbocycles. The van der Waals surface area contributed by atoms with Gasteiger partial charge in [-0.1, -0.05) is 0 Å². The zero-order valence-electron chi connectivity index (χ0n) is 10.6. The van der Waals surface area contributed by atoms with Gasteiger partial charge in [-0.25, -0.2) is 0 Å². The second kappa shape index (κ2) is 4.47. The van der Waals surface area contributed by atoms with E-state index in [2.05, 4.69) is 10.2 Å². The number of hydrogen-bond acceptors (Lipinski definition) is 4. The number of nitrogens with one attached hydrogen (secondary N) is 2. The molecule has 4 N–H and O–H groups in total. The van der Waals surface area contributed by atoms with Crippen molar-refractivity contribution < 1.29 is 9.47 Å². The van der Waals surface area contributed by atoms with Crippen molar-refractivity contribution in [3.05, 3.63) is 33.6 Å². The van der Waals surface area contributed by atoms with Gasteiger partial charge >= 0.3 is 0 Å². The van der Waals surface area contributed by atoms with E-state index in [1.54, 1.807) is 0 Å². The number of aromatic amines is 2. The molecule has 1 aromatic carbocycles. The fourth-order valence-electron chi connectivity index (χ4n) is 2.27. The van der Waals surface area contributed by atoms with Crippen molar-refractivity contribution >= 4 is 0 Å². The van der Waals surface area contributed by atoms with Crippen molar-refractivity contribution in [3.63, 3.8) is 0 Å². The van der Waals surface area contributed by atoms with Crippen LogP contribution in [0.3, 0.4) is 0 Å². The van der Waals surface area contributed by atoms with E-state index in [-0.39, 0.29) is 12.1 Å². The summed E-state index contributed by atoms with van der Waals surface area (Å²) in [5.41, 5.74) is 8.57. The molecule has 1 aromatic heterocycles. The molecule has 3 rings (SSSR count). The van der Waals surface area contributed by atoms with Crippen LogP contribution in [0.25, 0.3) is 11.3 Å². The maximum atomic E-state index is 11.6. The van der Waals surface area contributed by atoms with Gasteiger partial charge in [-0.2, -0.15) is 0 Å². The molecule has 0 saturated heterocycles. The summed E-state index contributed by atoms with van der Waals surface area (Å²) in [5, 5.41) is 5.44. The Hall–Kier alpha value is -2.21. The first-order chi connectivity index (χ1) is 9.20. The van der Waals surface area contributed by atoms with Crippen LogP contribution in [-0.2, 0) is 6.54 Å². The van der Waals surface area contributed by atoms with Crippen LogP contribution in [0.4, 0.5) is 0 Å². The van der Waals surface area contributed by atoms with Gasteiger partial charge in [-0.15, -0.1) is 0 Å². The lowest BCUT2D eigenvalue weighted by Crippen LogP contribution is -2.15. The molecule has 19 heavy (non-hydrogen) atoms. The standard InChI is InChI=1S/C13H15N3O3/c1-7-4-10-11(19-3-2-18-10)5-8(7)12-9(6-14)13(17)16-15-12/h4-5H,2-3,6,14H2,1H3,(H2,15,16,17). The average molecular weight is 261 g/mol. The van der Waals surface area contributed by atoms with Crippen molar-refractivity contribution in [2.75, 3.05) is 13.2 Å². The van der Waals surface area contributed by atoms with Gasteiger partial charge in [0.05, 0.1) is 11.3 Å². The highest BCUT2D eigenvalue weighted by atomic mass is 16.6. The first kappa shape index (κ1) is 11.9. The van der Waals surface area contributed by atoms with E-state index in [1.165, 1.54) is 0 Å². The van der Waals surface area contributed by atoms with Crippen LogP contribution in [0, 0.1) is 6.92 Å². The Morgan fingerprint density at radius 2 is 1.89 bits per heavy atom. The second-order valence-corrected chi connectivity index (χ2v) is 4.45. The van der Waals surface area contributed by atoms with Crippen LogP contribution in [-0.4, -0.2) is 23.4 Å². The molecule has 0 amide bonds. The summed E-state index contributed by atoms with van der Waals surface area (Å²) in [6.45, 7) is 3.23. The normalized spacial score (nSPS) is 13.6. The van der Waals surface area contributed by atoms with Crippen molar-refractivity contribution in [1.29, 1.82) is 0 Å². The first-order valence-electron chi connectivity index (χ1n) is 6.11. The highest BCUT2D eigenvalue weighted by Gasteiger charge is 2.18. The zero-order valence-corrected chi connectivity index (χ0v) is 10.6. The second-order valence-electron chi connectivity index (χ2n) is 4.45. The quantitative estimate of drug-likeness (QED) is 0.749. The topological polar surface area (TPSA) is 93.1 Å². The predicted molar refractivity (Wildman–Crippen MR) is 70.5 cm³/mol. The van der Waals surface area contributed by atoms with Crippen molar-refractivity contribution in [1.82, 2.24) is 10.2 Å². The molecule has 0 aliphatic carbocycles. The number of H-pyrrole nitrogens is 2. The molecular weight excluding hydrogens is 246 g/mol. The molecule has 1 aliphatic rings. The number of benzene rings is 1. The molecule has 0 spiro atoms. The Labute approximate surface area is 109 Å². The smallest absolute Gasteiger partial charge is 0.269 e. The van der Waals surface area contributed by atoms with E-state index in [1.807, 2.05) is 19.1 Å². The maximum absolute atomic E-state index is 11.6. The van der Waals surface area contributed by atoms with E-state index in [0.717, 1.165) is 16.9 Å². The van der Waals surface area contributed by atoms with Crippen LogP contribution in [0.15, 0.2) is 16.9 Å². The third-order valence-electron chi connectivity index (χ3n) is 3.24. The fraction of sp³-hybridized carbons (Fsp3) is 0.308. The lowest BCUT2D eigenvalue weighted by atomic mass is 10.0. The summed E-state index contributed by atoms with van der Waals surface area (Å²) in [6.07, 6.45) is 0. The molecule has 100 valence electrons. The third kappa shape index (κ3) is 1.90. The van der Waals surface area contributed by atoms with Crippen LogP contribution < -0.4 is 20.8 Å². The van der Waals surface area contributed by atoms with Gasteiger partial charge in [0.25, 0.3) is 5.56 Å². The van der Waals surface area contributed by atoms with Crippen LogP contribution in [0.2, 0.25) is 0 Å². The van der Waals surface area contributed by atoms with E-state index in [4.69, 9.17) is 15.2 Å². The summed E-state index contributed by atoms with van der Waals surface area (Å²) in [6, 6.07) is 3.79. The van der Waals surface area contributed by atoms with Crippen LogP contribution >= 0.6 is 0 Å². The molecule has 2 heterocycles. The monoisotopic (exact) mass is 261 g/mol. The van der Waals surface area contributed by atoms with Gasteiger partial charge in [-0.3, -0.25) is 15.0 Å². The molecular formula is C13H15N3O3. The molecule has 0 unspecified atom stereocenters. The number of hydrogen-bond donors (Lipinski definition) is 3. The molecule has 0 bridgehead atoms. The molecule has 0 atom stereocenters. The largest absolute Gasteiger partial charge is 0.486 e. The van der Waals surface area contributed by atoms with Crippen molar-refractivity contribution in [3.8, 4) is 22.8 Å². The number of nitrogens with two attached hydrogens (primary N) is 1. The van der Waals surface area contributed by atoms with Crippen LogP contribution in [0.1, 0.15) is 11.1 Å². The molecule has 0 fully saturated rings.